The average Bonchev–Trinajstić information content (AvgIpc) is 2.22. The second-order valence-corrected chi connectivity index (χ2v) is 4.28. The van der Waals surface area contributed by atoms with E-state index >= 15 is 0 Å². The summed E-state index contributed by atoms with van der Waals surface area (Å²) >= 11 is 5.75. The van der Waals surface area contributed by atoms with Crippen LogP contribution in [0.15, 0.2) is 18.2 Å². The van der Waals surface area contributed by atoms with Crippen LogP contribution in [0.3, 0.4) is 0 Å². The molecule has 1 fully saturated rings. The molecule has 1 atom stereocenters. The fourth-order valence-corrected chi connectivity index (χ4v) is 2.06. The van der Waals surface area contributed by atoms with E-state index in [1.165, 1.54) is 0 Å². The molecule has 2 nitrogen and oxygen atoms in total. The number of piperazine rings is 1. The van der Waals surface area contributed by atoms with Gasteiger partial charge in [-0.2, -0.15) is 0 Å². The van der Waals surface area contributed by atoms with E-state index < -0.39 is 0 Å². The maximum Gasteiger partial charge on any atom is 0.165 e. The van der Waals surface area contributed by atoms with Crippen LogP contribution in [0.4, 0.5) is 10.1 Å². The lowest BCUT2D eigenvalue weighted by atomic mass is 10.2. The van der Waals surface area contributed by atoms with Crippen LogP contribution in [0, 0.1) is 5.82 Å². The molecule has 0 radical (unpaired) electrons. The molecule has 0 spiro atoms. The van der Waals surface area contributed by atoms with Crippen molar-refractivity contribution in [1.82, 2.24) is 5.32 Å². The van der Waals surface area contributed by atoms with Gasteiger partial charge in [-0.1, -0.05) is 17.7 Å². The molecule has 1 aliphatic heterocycles. The van der Waals surface area contributed by atoms with Gasteiger partial charge < -0.3 is 10.2 Å². The number of rotatable bonds is 1. The van der Waals surface area contributed by atoms with Crippen LogP contribution in [0.1, 0.15) is 6.92 Å². The molecule has 1 N–H and O–H groups in total. The largest absolute Gasteiger partial charge is 0.366 e. The first kappa shape index (κ1) is 10.7. The highest BCUT2D eigenvalue weighted by molar-refractivity contribution is 6.31. The molecule has 1 aromatic rings. The van der Waals surface area contributed by atoms with Crippen molar-refractivity contribution in [2.45, 2.75) is 13.0 Å². The summed E-state index contributed by atoms with van der Waals surface area (Å²) in [7, 11) is 0. The summed E-state index contributed by atoms with van der Waals surface area (Å²) in [5, 5.41) is 3.51. The van der Waals surface area contributed by atoms with Gasteiger partial charge in [0, 0.05) is 25.7 Å². The highest BCUT2D eigenvalue weighted by Gasteiger charge is 2.19. The molecule has 1 aliphatic rings. The highest BCUT2D eigenvalue weighted by Crippen LogP contribution is 2.26. The molecule has 0 aliphatic carbocycles. The molecular formula is C11H14ClFN2. The summed E-state index contributed by atoms with van der Waals surface area (Å²) < 4.78 is 13.7. The lowest BCUT2D eigenvalue weighted by Crippen LogP contribution is -2.49. The SMILES string of the molecule is CC1CN(c2cccc(Cl)c2F)CCN1. The zero-order chi connectivity index (χ0) is 10.8. The summed E-state index contributed by atoms with van der Waals surface area (Å²) in [6, 6.07) is 5.52. The maximum atomic E-state index is 13.7. The maximum absolute atomic E-state index is 13.7. The third-order valence-electron chi connectivity index (χ3n) is 2.64. The number of nitrogens with one attached hydrogen (secondary N) is 1. The third kappa shape index (κ3) is 2.24. The number of halogens is 2. The smallest absolute Gasteiger partial charge is 0.165 e. The summed E-state index contributed by atoms with van der Waals surface area (Å²) in [4.78, 5) is 2.03. The van der Waals surface area contributed by atoms with Gasteiger partial charge in [0.1, 0.15) is 0 Å². The fraction of sp³-hybridized carbons (Fsp3) is 0.455. The normalized spacial score (nSPS) is 21.8. The second kappa shape index (κ2) is 4.37. The topological polar surface area (TPSA) is 15.3 Å². The summed E-state index contributed by atoms with van der Waals surface area (Å²) in [5.74, 6) is -0.312. The van der Waals surface area contributed by atoms with Crippen LogP contribution in [0.25, 0.3) is 0 Å². The van der Waals surface area contributed by atoms with Crippen LogP contribution in [-0.2, 0) is 0 Å². The molecule has 1 saturated heterocycles. The van der Waals surface area contributed by atoms with E-state index in [0.29, 0.717) is 11.7 Å². The zero-order valence-electron chi connectivity index (χ0n) is 8.63. The second-order valence-electron chi connectivity index (χ2n) is 3.87. The van der Waals surface area contributed by atoms with Crippen LogP contribution in [-0.4, -0.2) is 25.7 Å². The van der Waals surface area contributed by atoms with Gasteiger partial charge in [0.15, 0.2) is 5.82 Å². The van der Waals surface area contributed by atoms with Crippen LogP contribution < -0.4 is 10.2 Å². The molecule has 0 amide bonds. The fourth-order valence-electron chi connectivity index (χ4n) is 1.89. The first-order valence-electron chi connectivity index (χ1n) is 5.11. The van der Waals surface area contributed by atoms with Gasteiger partial charge in [-0.3, -0.25) is 0 Å². The van der Waals surface area contributed by atoms with Crippen LogP contribution >= 0.6 is 11.6 Å². The summed E-state index contributed by atoms with van der Waals surface area (Å²) in [5.41, 5.74) is 0.607. The molecule has 1 heterocycles. The Morgan fingerprint density at radius 1 is 1.53 bits per heavy atom. The number of benzene rings is 1. The molecule has 1 aromatic carbocycles. The molecule has 15 heavy (non-hydrogen) atoms. The van der Waals surface area contributed by atoms with Gasteiger partial charge in [-0.05, 0) is 19.1 Å². The first-order valence-corrected chi connectivity index (χ1v) is 5.48. The summed E-state index contributed by atoms with van der Waals surface area (Å²) in [6.45, 7) is 4.61. The number of hydrogen-bond donors (Lipinski definition) is 1. The lowest BCUT2D eigenvalue weighted by Gasteiger charge is -2.33. The molecule has 4 heteroatoms. The van der Waals surface area contributed by atoms with Gasteiger partial charge in [0.25, 0.3) is 0 Å². The zero-order valence-corrected chi connectivity index (χ0v) is 9.39. The van der Waals surface area contributed by atoms with E-state index in [-0.39, 0.29) is 10.8 Å². The van der Waals surface area contributed by atoms with Gasteiger partial charge >= 0.3 is 0 Å². The number of hydrogen-bond acceptors (Lipinski definition) is 2. The van der Waals surface area contributed by atoms with Crippen molar-refractivity contribution in [2.75, 3.05) is 24.5 Å². The van der Waals surface area contributed by atoms with Crippen molar-refractivity contribution in [3.8, 4) is 0 Å². The Labute approximate surface area is 94.0 Å². The van der Waals surface area contributed by atoms with E-state index in [0.717, 1.165) is 19.6 Å². The Morgan fingerprint density at radius 3 is 3.07 bits per heavy atom. The van der Waals surface area contributed by atoms with Crippen molar-refractivity contribution in [1.29, 1.82) is 0 Å². The molecule has 0 aromatic heterocycles. The Bertz CT molecular complexity index is 356. The van der Waals surface area contributed by atoms with Crippen molar-refractivity contribution >= 4 is 17.3 Å². The van der Waals surface area contributed by atoms with Gasteiger partial charge in [-0.25, -0.2) is 4.39 Å². The molecule has 82 valence electrons. The molecule has 0 saturated carbocycles. The van der Waals surface area contributed by atoms with E-state index in [1.807, 2.05) is 4.90 Å². The first-order chi connectivity index (χ1) is 7.18. The van der Waals surface area contributed by atoms with Crippen molar-refractivity contribution in [3.05, 3.63) is 29.0 Å². The minimum absolute atomic E-state index is 0.193. The predicted octanol–water partition coefficient (Wildman–Crippen LogP) is 2.28. The minimum Gasteiger partial charge on any atom is -0.366 e. The van der Waals surface area contributed by atoms with E-state index in [4.69, 9.17) is 11.6 Å². The van der Waals surface area contributed by atoms with E-state index in [2.05, 4.69) is 12.2 Å². The molecule has 2 rings (SSSR count). The average molecular weight is 229 g/mol. The Balaban J connectivity index is 2.24. The predicted molar refractivity (Wildman–Crippen MR) is 61.1 cm³/mol. The molecular weight excluding hydrogens is 215 g/mol. The van der Waals surface area contributed by atoms with Gasteiger partial charge in [0.05, 0.1) is 10.7 Å². The van der Waals surface area contributed by atoms with E-state index in [9.17, 15) is 4.39 Å². The Morgan fingerprint density at radius 2 is 2.33 bits per heavy atom. The quantitative estimate of drug-likeness (QED) is 0.794. The van der Waals surface area contributed by atoms with E-state index in [1.54, 1.807) is 18.2 Å². The third-order valence-corrected chi connectivity index (χ3v) is 2.93. The lowest BCUT2D eigenvalue weighted by molar-refractivity contribution is 0.478. The monoisotopic (exact) mass is 228 g/mol. The van der Waals surface area contributed by atoms with Crippen molar-refractivity contribution in [3.63, 3.8) is 0 Å². The van der Waals surface area contributed by atoms with Crippen LogP contribution in [0.5, 0.6) is 0 Å². The molecule has 1 unspecified atom stereocenters. The van der Waals surface area contributed by atoms with Crippen LogP contribution in [0.2, 0.25) is 5.02 Å². The minimum atomic E-state index is -0.312. The molecule has 0 bridgehead atoms. The van der Waals surface area contributed by atoms with Crippen molar-refractivity contribution in [2.24, 2.45) is 0 Å². The van der Waals surface area contributed by atoms with Gasteiger partial charge in [0.2, 0.25) is 0 Å². The highest BCUT2D eigenvalue weighted by atomic mass is 35.5. The Hall–Kier alpha value is -0.800. The van der Waals surface area contributed by atoms with Crippen molar-refractivity contribution < 1.29 is 4.39 Å². The number of anilines is 1. The Kier molecular flexibility index (Phi) is 3.12. The van der Waals surface area contributed by atoms with Gasteiger partial charge in [-0.15, -0.1) is 0 Å². The standard InChI is InChI=1S/C11H14ClFN2/c1-8-7-15(6-5-14-8)10-4-2-3-9(12)11(10)13/h2-4,8,14H,5-7H2,1H3. The summed E-state index contributed by atoms with van der Waals surface area (Å²) in [6.07, 6.45) is 0. The number of nitrogens with zero attached hydrogens (tertiary/aromatic N) is 1.